The average molecular weight is 308 g/mol. The van der Waals surface area contributed by atoms with E-state index in [0.29, 0.717) is 5.56 Å². The zero-order chi connectivity index (χ0) is 16.5. The van der Waals surface area contributed by atoms with E-state index in [0.717, 1.165) is 0 Å². The number of carboxylic acid groups (broad SMARTS) is 1. The molecule has 0 radical (unpaired) electrons. The molecule has 0 bridgehead atoms. The predicted octanol–water partition coefficient (Wildman–Crippen LogP) is 1.21. The summed E-state index contributed by atoms with van der Waals surface area (Å²) in [5.74, 6) is -1.44. The molecule has 8 nitrogen and oxygen atoms in total. The number of amides is 1. The van der Waals surface area contributed by atoms with Gasteiger partial charge < -0.3 is 15.2 Å². The van der Waals surface area contributed by atoms with Crippen molar-refractivity contribution in [3.05, 3.63) is 46.0 Å². The van der Waals surface area contributed by atoms with E-state index >= 15 is 0 Å². The molecule has 0 spiro atoms. The molecule has 118 valence electrons. The number of hydrogen-bond donors (Lipinski definition) is 2. The monoisotopic (exact) mass is 308 g/mol. The van der Waals surface area contributed by atoms with E-state index < -0.39 is 17.0 Å². The Morgan fingerprint density at radius 2 is 2.05 bits per heavy atom. The van der Waals surface area contributed by atoms with Crippen molar-refractivity contribution in [1.82, 2.24) is 5.32 Å². The minimum absolute atomic E-state index is 0.0219. The zero-order valence-corrected chi connectivity index (χ0v) is 11.9. The van der Waals surface area contributed by atoms with Crippen LogP contribution in [0.1, 0.15) is 12.5 Å². The zero-order valence-electron chi connectivity index (χ0n) is 11.9. The summed E-state index contributed by atoms with van der Waals surface area (Å²) in [5, 5.41) is 21.6. The number of nitro groups is 1. The maximum Gasteiger partial charge on any atom is 0.332 e. The summed E-state index contributed by atoms with van der Waals surface area (Å²) in [7, 11) is 0. The van der Waals surface area contributed by atoms with E-state index in [2.05, 4.69) is 5.32 Å². The van der Waals surface area contributed by atoms with Gasteiger partial charge in [0.1, 0.15) is 0 Å². The van der Waals surface area contributed by atoms with Crippen LogP contribution in [-0.2, 0) is 14.3 Å². The number of rotatable bonds is 8. The Balaban J connectivity index is 2.35. The van der Waals surface area contributed by atoms with Crippen molar-refractivity contribution in [2.75, 3.05) is 13.2 Å². The number of nitrogens with one attached hydrogen (secondary N) is 1. The Labute approximate surface area is 126 Å². The van der Waals surface area contributed by atoms with Crippen LogP contribution in [0.15, 0.2) is 30.3 Å². The number of carbonyl (C=O) groups excluding carboxylic acids is 1. The molecule has 0 aliphatic rings. The first-order valence-corrected chi connectivity index (χ1v) is 6.45. The van der Waals surface area contributed by atoms with Crippen molar-refractivity contribution in [2.45, 2.75) is 13.0 Å². The number of carbonyl (C=O) groups is 2. The van der Waals surface area contributed by atoms with E-state index in [4.69, 9.17) is 9.84 Å². The molecular weight excluding hydrogens is 292 g/mol. The van der Waals surface area contributed by atoms with Gasteiger partial charge in [-0.15, -0.1) is 0 Å². The molecule has 1 rings (SSSR count). The fourth-order valence-corrected chi connectivity index (χ4v) is 1.42. The second-order valence-corrected chi connectivity index (χ2v) is 4.32. The Kier molecular flexibility index (Phi) is 6.71. The first-order valence-electron chi connectivity index (χ1n) is 6.45. The van der Waals surface area contributed by atoms with E-state index in [1.54, 1.807) is 0 Å². The summed E-state index contributed by atoms with van der Waals surface area (Å²) < 4.78 is 4.95. The van der Waals surface area contributed by atoms with Crippen LogP contribution in [-0.4, -0.2) is 41.2 Å². The number of benzene rings is 1. The standard InChI is InChI=1S/C14H16N2O6/c1-10(14(18)19)22-9-8-15-13(17)7-4-11-2-5-12(6-3-11)16(20)21/h2-7,10H,8-9H2,1H3,(H,15,17)(H,18,19)/b7-4+. The fourth-order valence-electron chi connectivity index (χ4n) is 1.42. The quantitative estimate of drug-likeness (QED) is 0.322. The van der Waals surface area contributed by atoms with Crippen molar-refractivity contribution in [3.63, 3.8) is 0 Å². The van der Waals surface area contributed by atoms with Crippen LogP contribution in [0.25, 0.3) is 6.08 Å². The summed E-state index contributed by atoms with van der Waals surface area (Å²) >= 11 is 0. The van der Waals surface area contributed by atoms with E-state index in [1.807, 2.05) is 0 Å². The normalized spacial score (nSPS) is 12.0. The van der Waals surface area contributed by atoms with Crippen molar-refractivity contribution in [1.29, 1.82) is 0 Å². The van der Waals surface area contributed by atoms with Crippen molar-refractivity contribution >= 4 is 23.6 Å². The van der Waals surface area contributed by atoms with E-state index in [9.17, 15) is 19.7 Å². The number of aliphatic carboxylic acids is 1. The highest BCUT2D eigenvalue weighted by Gasteiger charge is 2.10. The van der Waals surface area contributed by atoms with Gasteiger partial charge in [-0.25, -0.2) is 4.79 Å². The van der Waals surface area contributed by atoms with Crippen LogP contribution < -0.4 is 5.32 Å². The molecule has 1 atom stereocenters. The summed E-state index contributed by atoms with van der Waals surface area (Å²) in [6.07, 6.45) is 1.87. The lowest BCUT2D eigenvalue weighted by atomic mass is 10.2. The van der Waals surface area contributed by atoms with Crippen molar-refractivity contribution < 1.29 is 24.4 Å². The fraction of sp³-hybridized carbons (Fsp3) is 0.286. The Morgan fingerprint density at radius 1 is 1.41 bits per heavy atom. The van der Waals surface area contributed by atoms with Gasteiger partial charge in [-0.3, -0.25) is 14.9 Å². The highest BCUT2D eigenvalue weighted by molar-refractivity contribution is 5.91. The van der Waals surface area contributed by atoms with Crippen LogP contribution in [0.3, 0.4) is 0 Å². The van der Waals surface area contributed by atoms with Gasteiger partial charge >= 0.3 is 5.97 Å². The van der Waals surface area contributed by atoms with E-state index in [-0.39, 0.29) is 24.7 Å². The number of nitro benzene ring substituents is 1. The summed E-state index contributed by atoms with van der Waals surface area (Å²) in [6.45, 7) is 1.67. The summed E-state index contributed by atoms with van der Waals surface area (Å²) in [6, 6.07) is 5.75. The molecule has 1 amide bonds. The average Bonchev–Trinajstić information content (AvgIpc) is 2.49. The van der Waals surface area contributed by atoms with Crippen molar-refractivity contribution in [3.8, 4) is 0 Å². The van der Waals surface area contributed by atoms with Crippen LogP contribution in [0, 0.1) is 10.1 Å². The largest absolute Gasteiger partial charge is 0.479 e. The Hall–Kier alpha value is -2.74. The van der Waals surface area contributed by atoms with Crippen LogP contribution in [0.2, 0.25) is 0 Å². The Morgan fingerprint density at radius 3 is 2.59 bits per heavy atom. The molecule has 22 heavy (non-hydrogen) atoms. The van der Waals surface area contributed by atoms with Crippen LogP contribution in [0.5, 0.6) is 0 Å². The molecule has 0 aliphatic carbocycles. The van der Waals surface area contributed by atoms with Gasteiger partial charge in [0.25, 0.3) is 5.69 Å². The SMILES string of the molecule is CC(OCCNC(=O)/C=C/c1ccc([N+](=O)[O-])cc1)C(=O)O. The molecule has 1 unspecified atom stereocenters. The predicted molar refractivity (Wildman–Crippen MR) is 78.2 cm³/mol. The molecular formula is C14H16N2O6. The van der Waals surface area contributed by atoms with Gasteiger partial charge in [0.15, 0.2) is 6.10 Å². The highest BCUT2D eigenvalue weighted by Crippen LogP contribution is 2.12. The molecule has 0 saturated carbocycles. The lowest BCUT2D eigenvalue weighted by molar-refractivity contribution is -0.384. The maximum absolute atomic E-state index is 11.5. The van der Waals surface area contributed by atoms with Gasteiger partial charge in [-0.1, -0.05) is 0 Å². The summed E-state index contributed by atoms with van der Waals surface area (Å²) in [5.41, 5.74) is 0.628. The van der Waals surface area contributed by atoms with Gasteiger partial charge in [0.2, 0.25) is 5.91 Å². The molecule has 0 fully saturated rings. The third-order valence-electron chi connectivity index (χ3n) is 2.65. The molecule has 2 N–H and O–H groups in total. The topological polar surface area (TPSA) is 119 Å². The van der Waals surface area contributed by atoms with Gasteiger partial charge in [-0.05, 0) is 30.7 Å². The van der Waals surface area contributed by atoms with E-state index in [1.165, 1.54) is 43.3 Å². The third-order valence-corrected chi connectivity index (χ3v) is 2.65. The number of hydrogen-bond acceptors (Lipinski definition) is 5. The lowest BCUT2D eigenvalue weighted by Gasteiger charge is -2.08. The number of nitrogens with zero attached hydrogens (tertiary/aromatic N) is 1. The Bertz CT molecular complexity index is 567. The first-order chi connectivity index (χ1) is 10.4. The lowest BCUT2D eigenvalue weighted by Crippen LogP contribution is -2.29. The van der Waals surface area contributed by atoms with Crippen LogP contribution >= 0.6 is 0 Å². The van der Waals surface area contributed by atoms with Gasteiger partial charge in [0.05, 0.1) is 11.5 Å². The second-order valence-electron chi connectivity index (χ2n) is 4.32. The summed E-state index contributed by atoms with van der Waals surface area (Å²) in [4.78, 5) is 32.0. The molecule has 0 heterocycles. The minimum atomic E-state index is -1.07. The second kappa shape index (κ2) is 8.53. The highest BCUT2D eigenvalue weighted by atomic mass is 16.6. The molecule has 0 aliphatic heterocycles. The molecule has 0 saturated heterocycles. The first kappa shape index (κ1) is 17.3. The number of carboxylic acids is 1. The molecule has 1 aromatic carbocycles. The maximum atomic E-state index is 11.5. The van der Waals surface area contributed by atoms with Crippen LogP contribution in [0.4, 0.5) is 5.69 Å². The number of non-ortho nitro benzene ring substituents is 1. The van der Waals surface area contributed by atoms with Gasteiger partial charge in [-0.2, -0.15) is 0 Å². The van der Waals surface area contributed by atoms with Gasteiger partial charge in [0, 0.05) is 24.8 Å². The third kappa shape index (κ3) is 6.14. The number of ether oxygens (including phenoxy) is 1. The minimum Gasteiger partial charge on any atom is -0.479 e. The molecule has 8 heteroatoms. The van der Waals surface area contributed by atoms with Crippen molar-refractivity contribution in [2.24, 2.45) is 0 Å². The smallest absolute Gasteiger partial charge is 0.332 e. The molecule has 1 aromatic rings. The molecule has 0 aromatic heterocycles.